The molecule has 3 aliphatic carbocycles. The Morgan fingerprint density at radius 1 is 1.33 bits per heavy atom. The Bertz CT molecular complexity index is 252. The van der Waals surface area contributed by atoms with Gasteiger partial charge in [-0.1, -0.05) is 20.8 Å². The molecule has 2 bridgehead atoms. The van der Waals surface area contributed by atoms with Gasteiger partial charge < -0.3 is 0 Å². The van der Waals surface area contributed by atoms with Crippen molar-refractivity contribution in [3.63, 3.8) is 0 Å². The summed E-state index contributed by atoms with van der Waals surface area (Å²) in [5.41, 5.74) is 0.582. The summed E-state index contributed by atoms with van der Waals surface area (Å²) in [6.45, 7) is 6.84. The summed E-state index contributed by atoms with van der Waals surface area (Å²) < 4.78 is 0. The molecule has 0 amide bonds. The highest BCUT2D eigenvalue weighted by atomic mass is 16.1. The van der Waals surface area contributed by atoms with Crippen molar-refractivity contribution >= 4 is 5.78 Å². The van der Waals surface area contributed by atoms with E-state index in [1.165, 1.54) is 19.3 Å². The third-order valence-corrected chi connectivity index (χ3v) is 5.19. The molecule has 0 heterocycles. The molecule has 3 aliphatic rings. The first-order valence-corrected chi connectivity index (χ1v) is 6.57. The van der Waals surface area contributed by atoms with Crippen LogP contribution in [0.4, 0.5) is 0 Å². The van der Waals surface area contributed by atoms with Gasteiger partial charge in [0.25, 0.3) is 0 Å². The van der Waals surface area contributed by atoms with Gasteiger partial charge in [0.15, 0.2) is 0 Å². The lowest BCUT2D eigenvalue weighted by Crippen LogP contribution is -2.52. The van der Waals surface area contributed by atoms with Gasteiger partial charge >= 0.3 is 0 Å². The standard InChI is InChI=1S/C14H24O/c1-4-12(15)8-6-10-5-7-11-9-13(10)14(11,2)3/h10-11,13H,4-9H2,1-3H3. The molecular formula is C14H24O. The Morgan fingerprint density at radius 2 is 2.07 bits per heavy atom. The summed E-state index contributed by atoms with van der Waals surface area (Å²) in [6.07, 6.45) is 6.96. The van der Waals surface area contributed by atoms with E-state index in [0.717, 1.165) is 37.0 Å². The van der Waals surface area contributed by atoms with Crippen molar-refractivity contribution in [3.8, 4) is 0 Å². The molecule has 3 atom stereocenters. The Labute approximate surface area is 93.6 Å². The maximum Gasteiger partial charge on any atom is 0.132 e. The van der Waals surface area contributed by atoms with E-state index in [4.69, 9.17) is 0 Å². The molecule has 0 saturated heterocycles. The van der Waals surface area contributed by atoms with E-state index in [9.17, 15) is 4.79 Å². The quantitative estimate of drug-likeness (QED) is 0.686. The van der Waals surface area contributed by atoms with Crippen LogP contribution >= 0.6 is 0 Å². The molecule has 3 unspecified atom stereocenters. The van der Waals surface area contributed by atoms with Crippen LogP contribution in [0, 0.1) is 23.2 Å². The van der Waals surface area contributed by atoms with Gasteiger partial charge in [-0.05, 0) is 48.9 Å². The van der Waals surface area contributed by atoms with Crippen LogP contribution in [-0.2, 0) is 4.79 Å². The van der Waals surface area contributed by atoms with Gasteiger partial charge in [-0.2, -0.15) is 0 Å². The van der Waals surface area contributed by atoms with Gasteiger partial charge in [-0.25, -0.2) is 0 Å². The number of hydrogen-bond acceptors (Lipinski definition) is 1. The number of ketones is 1. The summed E-state index contributed by atoms with van der Waals surface area (Å²) in [6, 6.07) is 0. The molecule has 86 valence electrons. The van der Waals surface area contributed by atoms with Crippen LogP contribution in [0.3, 0.4) is 0 Å². The molecule has 1 heteroatoms. The number of carbonyl (C=O) groups is 1. The van der Waals surface area contributed by atoms with Crippen LogP contribution < -0.4 is 0 Å². The maximum absolute atomic E-state index is 11.3. The predicted molar refractivity (Wildman–Crippen MR) is 62.6 cm³/mol. The van der Waals surface area contributed by atoms with Crippen LogP contribution in [0.15, 0.2) is 0 Å². The van der Waals surface area contributed by atoms with Gasteiger partial charge in [0.2, 0.25) is 0 Å². The molecular weight excluding hydrogens is 184 g/mol. The molecule has 1 nitrogen and oxygen atoms in total. The largest absolute Gasteiger partial charge is 0.300 e. The van der Waals surface area contributed by atoms with Crippen molar-refractivity contribution in [2.75, 3.05) is 0 Å². The third-order valence-electron chi connectivity index (χ3n) is 5.19. The first-order chi connectivity index (χ1) is 7.05. The summed E-state index contributed by atoms with van der Waals surface area (Å²) >= 11 is 0. The molecule has 3 rings (SSSR count). The van der Waals surface area contributed by atoms with Crippen LogP contribution in [0.5, 0.6) is 0 Å². The highest BCUT2D eigenvalue weighted by Crippen LogP contribution is 2.62. The zero-order valence-corrected chi connectivity index (χ0v) is 10.4. The van der Waals surface area contributed by atoms with Gasteiger partial charge in [-0.3, -0.25) is 4.79 Å². The SMILES string of the molecule is CCC(=O)CCC1CCC2CC1C2(C)C. The lowest BCUT2D eigenvalue weighted by molar-refractivity contribution is -0.123. The molecule has 3 fully saturated rings. The molecule has 0 aromatic rings. The minimum atomic E-state index is 0.453. The summed E-state index contributed by atoms with van der Waals surface area (Å²) in [5, 5.41) is 0. The summed E-state index contributed by atoms with van der Waals surface area (Å²) in [5.74, 6) is 3.20. The predicted octanol–water partition coefficient (Wildman–Crippen LogP) is 3.82. The fourth-order valence-corrected chi connectivity index (χ4v) is 3.83. The molecule has 3 saturated carbocycles. The van der Waals surface area contributed by atoms with E-state index in [2.05, 4.69) is 13.8 Å². The van der Waals surface area contributed by atoms with E-state index in [1.54, 1.807) is 0 Å². The summed E-state index contributed by atoms with van der Waals surface area (Å²) in [7, 11) is 0. The van der Waals surface area contributed by atoms with E-state index in [0.29, 0.717) is 11.2 Å². The fourth-order valence-electron chi connectivity index (χ4n) is 3.83. The first kappa shape index (κ1) is 11.2. The number of hydrogen-bond donors (Lipinski definition) is 0. The second-order valence-electron chi connectivity index (χ2n) is 6.13. The number of Topliss-reactive ketones (excluding diaryl/α,β-unsaturated/α-hetero) is 1. The lowest BCUT2D eigenvalue weighted by Gasteiger charge is -2.60. The third kappa shape index (κ3) is 1.86. The second kappa shape index (κ2) is 3.92. The van der Waals surface area contributed by atoms with E-state index in [-0.39, 0.29) is 0 Å². The summed E-state index contributed by atoms with van der Waals surface area (Å²) in [4.78, 5) is 11.3. The first-order valence-electron chi connectivity index (χ1n) is 6.57. The van der Waals surface area contributed by atoms with Crippen LogP contribution in [-0.4, -0.2) is 5.78 Å². The smallest absolute Gasteiger partial charge is 0.132 e. The molecule has 0 aromatic carbocycles. The van der Waals surface area contributed by atoms with Gasteiger partial charge in [-0.15, -0.1) is 0 Å². The van der Waals surface area contributed by atoms with E-state index >= 15 is 0 Å². The lowest BCUT2D eigenvalue weighted by atomic mass is 9.45. The van der Waals surface area contributed by atoms with Crippen molar-refractivity contribution in [3.05, 3.63) is 0 Å². The molecule has 0 aliphatic heterocycles. The molecule has 0 aromatic heterocycles. The molecule has 15 heavy (non-hydrogen) atoms. The van der Waals surface area contributed by atoms with Crippen molar-refractivity contribution in [1.82, 2.24) is 0 Å². The highest BCUT2D eigenvalue weighted by molar-refractivity contribution is 5.77. The average Bonchev–Trinajstić information content (AvgIpc) is 2.25. The zero-order valence-electron chi connectivity index (χ0n) is 10.4. The molecule has 0 spiro atoms. The van der Waals surface area contributed by atoms with Crippen LogP contribution in [0.1, 0.15) is 59.3 Å². The number of rotatable bonds is 4. The van der Waals surface area contributed by atoms with Crippen molar-refractivity contribution in [2.24, 2.45) is 23.2 Å². The Hall–Kier alpha value is -0.330. The fraction of sp³-hybridized carbons (Fsp3) is 0.929. The van der Waals surface area contributed by atoms with E-state index in [1.807, 2.05) is 6.92 Å². The molecule has 0 N–H and O–H groups in total. The minimum absolute atomic E-state index is 0.453. The van der Waals surface area contributed by atoms with Crippen LogP contribution in [0.25, 0.3) is 0 Å². The van der Waals surface area contributed by atoms with Gasteiger partial charge in [0, 0.05) is 12.8 Å². The maximum atomic E-state index is 11.3. The highest BCUT2D eigenvalue weighted by Gasteiger charge is 2.53. The Morgan fingerprint density at radius 3 is 2.60 bits per heavy atom. The van der Waals surface area contributed by atoms with Crippen molar-refractivity contribution < 1.29 is 4.79 Å². The average molecular weight is 208 g/mol. The van der Waals surface area contributed by atoms with Crippen molar-refractivity contribution in [2.45, 2.75) is 59.3 Å². The van der Waals surface area contributed by atoms with E-state index < -0.39 is 0 Å². The Balaban J connectivity index is 1.86. The minimum Gasteiger partial charge on any atom is -0.300 e. The number of carbonyl (C=O) groups excluding carboxylic acids is 1. The molecule has 0 radical (unpaired) electrons. The monoisotopic (exact) mass is 208 g/mol. The normalized spacial score (nSPS) is 37.1. The van der Waals surface area contributed by atoms with Crippen LogP contribution in [0.2, 0.25) is 0 Å². The van der Waals surface area contributed by atoms with Gasteiger partial charge in [0.05, 0.1) is 0 Å². The van der Waals surface area contributed by atoms with Gasteiger partial charge in [0.1, 0.15) is 5.78 Å². The van der Waals surface area contributed by atoms with Crippen molar-refractivity contribution in [1.29, 1.82) is 0 Å². The Kier molecular flexibility index (Phi) is 2.92. The topological polar surface area (TPSA) is 17.1 Å². The number of fused-ring (bicyclic) bond motifs is 2. The zero-order chi connectivity index (χ0) is 11.1. The second-order valence-corrected chi connectivity index (χ2v) is 6.13.